The number of halogens is 3. The summed E-state index contributed by atoms with van der Waals surface area (Å²) in [5, 5.41) is 24.3. The maximum Gasteiger partial charge on any atom is 0.409 e. The number of carbonyl (C=O) groups excluding carboxylic acids is 11. The Morgan fingerprint density at radius 3 is 2.29 bits per heavy atom. The van der Waals surface area contributed by atoms with Crippen molar-refractivity contribution in [1.82, 2.24) is 31.2 Å². The van der Waals surface area contributed by atoms with Crippen LogP contribution >= 0.6 is 23.2 Å². The van der Waals surface area contributed by atoms with Gasteiger partial charge in [0.25, 0.3) is 17.7 Å². The maximum atomic E-state index is 16.2. The van der Waals surface area contributed by atoms with Crippen LogP contribution in [0.4, 0.5) is 25.4 Å². The van der Waals surface area contributed by atoms with Gasteiger partial charge < -0.3 is 70.4 Å². The Morgan fingerprint density at radius 1 is 0.955 bits per heavy atom. The number of carbonyl (C=O) groups is 11. The van der Waals surface area contributed by atoms with Crippen LogP contribution < -0.4 is 42.0 Å². The van der Waals surface area contributed by atoms with Gasteiger partial charge in [-0.25, -0.2) is 23.6 Å². The summed E-state index contributed by atoms with van der Waals surface area (Å²) in [7, 11) is 5.48. The van der Waals surface area contributed by atoms with Crippen molar-refractivity contribution in [2.45, 2.75) is 166 Å². The number of methoxy groups -OCH3 is 2. The molecule has 27 nitrogen and oxygen atoms in total. The molecule has 2 aromatic rings. The first-order valence-corrected chi connectivity index (χ1v) is 29.5. The number of benzene rings is 2. The largest absolute Gasteiger partial charge is 0.495 e. The lowest BCUT2D eigenvalue weighted by molar-refractivity contribution is -0.197. The van der Waals surface area contributed by atoms with E-state index >= 15 is 4.39 Å². The number of hydrogen-bond donors (Lipinski definition) is 7. The number of alkyl carbamates (subject to hydrolysis) is 1. The summed E-state index contributed by atoms with van der Waals surface area (Å²) in [5.41, 5.74) is 2.66. The van der Waals surface area contributed by atoms with Crippen molar-refractivity contribution in [2.75, 3.05) is 45.1 Å². The first kappa shape index (κ1) is 70.2. The standard InChI is InChI=1S/C59H76Cl2FN9O18/c1-30(2)51(67-45(72)17-10-11-18-49(76)89-71-46(73)19-20-47(71)74)53(78)65-38(15-13-21-64-56(63)81)52(77)66-39-27-36(60)35(26-37(39)62)54(79)69(6)32(4)55(80)87-43-28-48(75)70(7)40-23-33(24-41(84-8)50(40)61)22-31(3)14-12-16-42(85-9)59(83)29-34(86-57(82)68-59)25-44-58(43,5)88-44/h12,14,16,23-24,26-27,30,32,34,38,42-44,51,83H,10-11,13,15,17-22,25,28-29H2,1-9H3,(H,65,78)(H,66,77)(H,67,72)(H,68,82)(H3,63,64,81)/b16-12+,31-14+/t32-,34+,38-,42+,43-,44-,51-,58-,59-/m0/s1. The van der Waals surface area contributed by atoms with E-state index in [1.54, 1.807) is 51.1 Å². The number of allylic oxidation sites excluding steroid dienone is 3. The second-order valence-corrected chi connectivity index (χ2v) is 23.5. The molecule has 4 aliphatic heterocycles. The van der Waals surface area contributed by atoms with Crippen LogP contribution in [0.15, 0.2) is 48.1 Å². The fourth-order valence-electron chi connectivity index (χ4n) is 10.2. The fourth-order valence-corrected chi connectivity index (χ4v) is 10.8. The summed E-state index contributed by atoms with van der Waals surface area (Å²) >= 11 is 13.4. The third-order valence-corrected chi connectivity index (χ3v) is 16.3. The summed E-state index contributed by atoms with van der Waals surface area (Å²) in [6, 6.07) is 0.132. The first-order valence-electron chi connectivity index (χ1n) is 28.8. The number of imide groups is 1. The van der Waals surface area contributed by atoms with E-state index in [1.165, 1.54) is 40.1 Å². The SMILES string of the molecule is COc1cc2cc(c1Cl)N(C)C(=O)C[C@H](OC(=O)[C@H](C)N(C)C(=O)c1cc(F)c(NC(=O)[C@H](CCCNC(N)=O)NC(=O)[C@@H](NC(=O)CCCCC(=O)ON3C(=O)CCC3=O)C(C)C)cc1Cl)[C@]1(C)O[C@H]1C[C@@H]1C[C@@](O)(NC(=O)O1)[C@H](OC)/C=C/C=C(\C)C2. The van der Waals surface area contributed by atoms with Crippen molar-refractivity contribution in [3.8, 4) is 5.75 Å². The number of rotatable bonds is 22. The molecule has 8 N–H and O–H groups in total. The van der Waals surface area contributed by atoms with Crippen molar-refractivity contribution in [1.29, 1.82) is 0 Å². The van der Waals surface area contributed by atoms with Crippen molar-refractivity contribution < 1.29 is 90.8 Å². The molecule has 4 bridgehead atoms. The normalized spacial score (nSPS) is 23.9. The number of urea groups is 1. The van der Waals surface area contributed by atoms with Crippen LogP contribution in [0.5, 0.6) is 5.75 Å². The number of ether oxygens (including phenoxy) is 5. The minimum atomic E-state index is -1.94. The molecule has 2 aromatic carbocycles. The fraction of sp³-hybridized carbons (Fsp3) is 0.542. The van der Waals surface area contributed by atoms with E-state index in [0.29, 0.717) is 17.0 Å². The zero-order valence-corrected chi connectivity index (χ0v) is 52.3. The molecular formula is C59H76Cl2FN9O18. The smallest absolute Gasteiger partial charge is 0.409 e. The third-order valence-electron chi connectivity index (χ3n) is 15.6. The predicted octanol–water partition coefficient (Wildman–Crippen LogP) is 4.56. The number of fused-ring (bicyclic) bond motifs is 5. The van der Waals surface area contributed by atoms with Gasteiger partial charge in [0.2, 0.25) is 23.6 Å². The van der Waals surface area contributed by atoms with Crippen LogP contribution in [0.25, 0.3) is 0 Å². The molecule has 10 amide bonds. The lowest BCUT2D eigenvalue weighted by Crippen LogP contribution is -2.62. The number of anilines is 2. The van der Waals surface area contributed by atoms with Gasteiger partial charge in [0.1, 0.15) is 58.6 Å². The van der Waals surface area contributed by atoms with Gasteiger partial charge in [-0.15, -0.1) is 5.06 Å². The first-order chi connectivity index (χ1) is 41.9. The van der Waals surface area contributed by atoms with Crippen LogP contribution in [0.1, 0.15) is 121 Å². The number of esters is 1. The molecule has 4 aliphatic rings. The van der Waals surface area contributed by atoms with Gasteiger partial charge in [0, 0.05) is 66.3 Å². The number of unbranched alkanes of at least 4 members (excludes halogenated alkanes) is 1. The number of likely N-dealkylation sites (N-methyl/N-ethyl adjacent to an activating group) is 1. The summed E-state index contributed by atoms with van der Waals surface area (Å²) in [6.07, 6.45) is -0.751. The molecule has 9 atom stereocenters. The van der Waals surface area contributed by atoms with E-state index < -0.39 is 149 Å². The molecule has 3 fully saturated rings. The molecule has 486 valence electrons. The Hall–Kier alpha value is -7.92. The number of epoxide rings is 1. The summed E-state index contributed by atoms with van der Waals surface area (Å²) < 4.78 is 45.2. The topological polar surface area (TPSA) is 363 Å². The Morgan fingerprint density at radius 2 is 1.64 bits per heavy atom. The van der Waals surface area contributed by atoms with E-state index in [-0.39, 0.29) is 92.2 Å². The lowest BCUT2D eigenvalue weighted by atomic mass is 9.90. The quantitative estimate of drug-likeness (QED) is 0.0368. The van der Waals surface area contributed by atoms with Gasteiger partial charge in [-0.3, -0.25) is 38.9 Å². The Kier molecular flexibility index (Phi) is 24.1. The number of nitrogens with zero attached hydrogens (tertiary/aromatic N) is 3. The van der Waals surface area contributed by atoms with Crippen molar-refractivity contribution in [2.24, 2.45) is 11.7 Å². The van der Waals surface area contributed by atoms with Crippen LogP contribution in [0.3, 0.4) is 0 Å². The van der Waals surface area contributed by atoms with Gasteiger partial charge in [0.05, 0.1) is 41.6 Å². The van der Waals surface area contributed by atoms with Crippen LogP contribution in [-0.2, 0) is 68.6 Å². The minimum absolute atomic E-state index is 0.0327. The molecule has 89 heavy (non-hydrogen) atoms. The molecule has 0 unspecified atom stereocenters. The van der Waals surface area contributed by atoms with Gasteiger partial charge in [-0.05, 0) is 88.6 Å². The van der Waals surface area contributed by atoms with E-state index in [9.17, 15) is 57.8 Å². The molecule has 30 heteroatoms. The minimum Gasteiger partial charge on any atom is -0.495 e. The second-order valence-electron chi connectivity index (χ2n) is 22.7. The molecular weight excluding hydrogens is 1210 g/mol. The summed E-state index contributed by atoms with van der Waals surface area (Å²) in [4.78, 5) is 151. The zero-order valence-electron chi connectivity index (χ0n) is 50.8. The third kappa shape index (κ3) is 18.1. The van der Waals surface area contributed by atoms with Gasteiger partial charge in [0.15, 0.2) is 5.72 Å². The second kappa shape index (κ2) is 30.5. The monoisotopic (exact) mass is 1290 g/mol. The Balaban J connectivity index is 1.16. The van der Waals surface area contributed by atoms with Crippen molar-refractivity contribution in [3.63, 3.8) is 0 Å². The van der Waals surface area contributed by atoms with Gasteiger partial charge in [-0.1, -0.05) is 60.9 Å². The number of nitrogens with two attached hydrogens (primary N) is 1. The molecule has 3 saturated heterocycles. The molecule has 6 rings (SSSR count). The number of hydroxylamine groups is 2. The molecule has 0 aliphatic carbocycles. The number of primary amides is 1. The number of aliphatic hydroxyl groups is 1. The van der Waals surface area contributed by atoms with Crippen LogP contribution in [0, 0.1) is 11.7 Å². The summed E-state index contributed by atoms with van der Waals surface area (Å²) in [5.74, 6) is -8.54. The molecule has 0 aromatic heterocycles. The zero-order chi connectivity index (χ0) is 65.8. The highest BCUT2D eigenvalue weighted by molar-refractivity contribution is 6.35. The molecule has 0 spiro atoms. The molecule has 4 heterocycles. The Labute approximate surface area is 523 Å². The predicted molar refractivity (Wildman–Crippen MR) is 317 cm³/mol. The van der Waals surface area contributed by atoms with E-state index in [1.807, 2.05) is 6.92 Å². The Bertz CT molecular complexity index is 3130. The van der Waals surface area contributed by atoms with Crippen molar-refractivity contribution in [3.05, 3.63) is 75.1 Å². The highest BCUT2D eigenvalue weighted by atomic mass is 35.5. The van der Waals surface area contributed by atoms with Crippen molar-refractivity contribution >= 4 is 100.0 Å². The van der Waals surface area contributed by atoms with Gasteiger partial charge >= 0.3 is 24.1 Å². The van der Waals surface area contributed by atoms with Crippen LogP contribution in [-0.4, -0.2) is 169 Å². The highest BCUT2D eigenvalue weighted by Gasteiger charge is 2.62. The van der Waals surface area contributed by atoms with Crippen LogP contribution in [0.2, 0.25) is 10.0 Å². The number of amides is 10. The number of hydrogen-bond acceptors (Lipinski definition) is 18. The highest BCUT2D eigenvalue weighted by Crippen LogP contribution is 2.47. The van der Waals surface area contributed by atoms with E-state index in [0.717, 1.165) is 22.6 Å². The van der Waals surface area contributed by atoms with E-state index in [2.05, 4.69) is 26.6 Å². The maximum absolute atomic E-state index is 16.2. The molecule has 0 saturated carbocycles. The average molecular weight is 1290 g/mol. The van der Waals surface area contributed by atoms with E-state index in [4.69, 9.17) is 57.5 Å². The number of nitrogens with one attached hydrogen (secondary N) is 5. The average Bonchev–Trinajstić information content (AvgIpc) is 1.70. The molecule has 0 radical (unpaired) electrons. The summed E-state index contributed by atoms with van der Waals surface area (Å²) in [6.45, 7) is 7.97. The van der Waals surface area contributed by atoms with Gasteiger partial charge in [-0.2, -0.15) is 0 Å². The lowest BCUT2D eigenvalue weighted by Gasteiger charge is -2.40.